The molecule has 3 aromatic carbocycles. The number of amides is 4. The van der Waals surface area contributed by atoms with Crippen molar-refractivity contribution < 1.29 is 34.1 Å². The van der Waals surface area contributed by atoms with E-state index in [1.54, 1.807) is 0 Å². The van der Waals surface area contributed by atoms with Gasteiger partial charge in [-0.25, -0.2) is 14.4 Å². The molecular formula is C35H47N5O7. The number of urea groups is 1. The van der Waals surface area contributed by atoms with Crippen molar-refractivity contribution in [3.8, 4) is 0 Å². The minimum atomic E-state index is -0.551. The van der Waals surface area contributed by atoms with Gasteiger partial charge >= 0.3 is 18.2 Å². The molecule has 254 valence electrons. The van der Waals surface area contributed by atoms with Gasteiger partial charge in [0.25, 0.3) is 0 Å². The summed E-state index contributed by atoms with van der Waals surface area (Å²) < 4.78 is 10.7. The van der Waals surface area contributed by atoms with Crippen LogP contribution in [0.3, 0.4) is 0 Å². The van der Waals surface area contributed by atoms with Gasteiger partial charge in [-0.3, -0.25) is 15.5 Å². The Morgan fingerprint density at radius 3 is 1.77 bits per heavy atom. The second-order valence-electron chi connectivity index (χ2n) is 11.2. The quantitative estimate of drug-likeness (QED) is 0.110. The minimum absolute atomic E-state index is 0.00787. The Bertz CT molecular complexity index is 1360. The van der Waals surface area contributed by atoms with Gasteiger partial charge < -0.3 is 30.3 Å². The lowest BCUT2D eigenvalue weighted by atomic mass is 10.0. The van der Waals surface area contributed by atoms with Gasteiger partial charge in [-0.2, -0.15) is 0 Å². The molecule has 0 fully saturated rings. The summed E-state index contributed by atoms with van der Waals surface area (Å²) in [6.07, 6.45) is 0.947. The van der Waals surface area contributed by atoms with Gasteiger partial charge in [0, 0.05) is 43.2 Å². The highest BCUT2D eigenvalue weighted by atomic mass is 16.6. The number of hydrogen-bond donors (Lipinski definition) is 6. The minimum Gasteiger partial charge on any atom is -0.449 e. The number of anilines is 3. The van der Waals surface area contributed by atoms with E-state index in [2.05, 4.69) is 21.3 Å². The zero-order valence-electron chi connectivity index (χ0n) is 27.2. The molecule has 47 heavy (non-hydrogen) atoms. The zero-order valence-corrected chi connectivity index (χ0v) is 27.2. The van der Waals surface area contributed by atoms with Gasteiger partial charge in [0.2, 0.25) is 0 Å². The fourth-order valence-corrected chi connectivity index (χ4v) is 4.63. The van der Waals surface area contributed by atoms with Crippen molar-refractivity contribution in [3.63, 3.8) is 0 Å². The van der Waals surface area contributed by atoms with E-state index in [4.69, 9.17) is 19.7 Å². The molecule has 0 saturated heterocycles. The Morgan fingerprint density at radius 1 is 0.723 bits per heavy atom. The van der Waals surface area contributed by atoms with Gasteiger partial charge in [-0.05, 0) is 79.6 Å². The maximum absolute atomic E-state index is 12.3. The Labute approximate surface area is 276 Å². The molecule has 1 atom stereocenters. The third-order valence-corrected chi connectivity index (χ3v) is 7.45. The molecule has 3 rings (SSSR count). The van der Waals surface area contributed by atoms with Gasteiger partial charge in [0.15, 0.2) is 0 Å². The lowest BCUT2D eigenvalue weighted by molar-refractivity contribution is 0.118. The van der Waals surface area contributed by atoms with Crippen LogP contribution in [0.5, 0.6) is 0 Å². The van der Waals surface area contributed by atoms with Gasteiger partial charge in [-0.15, -0.1) is 0 Å². The van der Waals surface area contributed by atoms with Crippen molar-refractivity contribution in [2.24, 2.45) is 5.92 Å². The highest BCUT2D eigenvalue weighted by Gasteiger charge is 2.13. The van der Waals surface area contributed by atoms with E-state index in [9.17, 15) is 14.4 Å². The Kier molecular flexibility index (Phi) is 16.0. The number of aliphatic hydroxyl groups is 2. The summed E-state index contributed by atoms with van der Waals surface area (Å²) in [4.78, 5) is 38.5. The molecule has 0 radical (unpaired) electrons. The van der Waals surface area contributed by atoms with Crippen LogP contribution in [0.15, 0.2) is 72.8 Å². The molecule has 0 aliphatic carbocycles. The molecule has 0 aromatic heterocycles. The zero-order chi connectivity index (χ0) is 33.9. The predicted molar refractivity (Wildman–Crippen MR) is 183 cm³/mol. The second kappa shape index (κ2) is 20.5. The number of benzene rings is 3. The van der Waals surface area contributed by atoms with E-state index >= 15 is 0 Å². The first-order valence-electron chi connectivity index (χ1n) is 15.9. The van der Waals surface area contributed by atoms with Gasteiger partial charge in [0.05, 0.1) is 26.4 Å². The largest absolute Gasteiger partial charge is 0.449 e. The monoisotopic (exact) mass is 649 g/mol. The van der Waals surface area contributed by atoms with Crippen LogP contribution in [-0.2, 0) is 15.9 Å². The predicted octanol–water partition coefficient (Wildman–Crippen LogP) is 5.21. The molecule has 3 aromatic rings. The van der Waals surface area contributed by atoms with Crippen LogP contribution < -0.4 is 21.3 Å². The average molecular weight is 650 g/mol. The Hall–Kier alpha value is -4.65. The van der Waals surface area contributed by atoms with E-state index < -0.39 is 12.2 Å². The van der Waals surface area contributed by atoms with E-state index in [1.807, 2.05) is 91.5 Å². The number of ether oxygens (including phenoxy) is 2. The van der Waals surface area contributed by atoms with Crippen LogP contribution in [0.2, 0.25) is 0 Å². The second-order valence-corrected chi connectivity index (χ2v) is 11.2. The lowest BCUT2D eigenvalue weighted by Gasteiger charge is -2.20. The summed E-state index contributed by atoms with van der Waals surface area (Å²) in [7, 11) is 0. The molecular weight excluding hydrogens is 602 g/mol. The fraction of sp³-hybridized carbons (Fsp3) is 0.400. The molecule has 12 heteroatoms. The van der Waals surface area contributed by atoms with Crippen LogP contribution in [0.4, 0.5) is 31.4 Å². The first-order valence-corrected chi connectivity index (χ1v) is 15.9. The number of nitrogens with one attached hydrogen (secondary N) is 4. The maximum Gasteiger partial charge on any atom is 0.411 e. The summed E-state index contributed by atoms with van der Waals surface area (Å²) in [5.41, 5.74) is 5.15. The van der Waals surface area contributed by atoms with Crippen LogP contribution in [0, 0.1) is 12.8 Å². The van der Waals surface area contributed by atoms with Crippen LogP contribution in [0.25, 0.3) is 0 Å². The molecule has 12 nitrogen and oxygen atoms in total. The molecule has 0 saturated carbocycles. The van der Waals surface area contributed by atoms with Crippen molar-refractivity contribution >= 4 is 35.3 Å². The average Bonchev–Trinajstić information content (AvgIpc) is 3.06. The summed E-state index contributed by atoms with van der Waals surface area (Å²) in [6.45, 7) is 6.17. The number of carbonyl (C=O) groups is 3. The number of rotatable bonds is 18. The molecule has 0 aliphatic rings. The summed E-state index contributed by atoms with van der Waals surface area (Å²) >= 11 is 0. The summed E-state index contributed by atoms with van der Waals surface area (Å²) in [6, 6.07) is 22.2. The third-order valence-electron chi connectivity index (χ3n) is 7.45. The molecule has 0 heterocycles. The van der Waals surface area contributed by atoms with Crippen molar-refractivity contribution in [2.45, 2.75) is 33.1 Å². The number of carbonyl (C=O) groups excluding carboxylic acids is 3. The van der Waals surface area contributed by atoms with Crippen molar-refractivity contribution in [3.05, 3.63) is 89.5 Å². The maximum atomic E-state index is 12.3. The molecule has 0 spiro atoms. The van der Waals surface area contributed by atoms with Crippen LogP contribution in [-0.4, -0.2) is 85.9 Å². The van der Waals surface area contributed by atoms with Crippen molar-refractivity contribution in [1.29, 1.82) is 0 Å². The topological polar surface area (TPSA) is 161 Å². The SMILES string of the molecule is CCC(CCOC(=O)Nc1ccc(Cc2ccc(NC(=O)NCCN(CCO)CCO)cc2)cc1)COC(=O)Nc1ccc(C)cc1. The first-order chi connectivity index (χ1) is 22.8. The van der Waals surface area contributed by atoms with Crippen LogP contribution >= 0.6 is 0 Å². The summed E-state index contributed by atoms with van der Waals surface area (Å²) in [5.74, 6) is 0.0602. The van der Waals surface area contributed by atoms with E-state index in [1.165, 1.54) is 0 Å². The highest BCUT2D eigenvalue weighted by Crippen LogP contribution is 2.17. The smallest absolute Gasteiger partial charge is 0.411 e. The van der Waals surface area contributed by atoms with E-state index in [0.717, 1.165) is 23.1 Å². The summed E-state index contributed by atoms with van der Waals surface area (Å²) in [5, 5.41) is 29.2. The number of hydrogen-bond acceptors (Lipinski definition) is 8. The Balaban J connectivity index is 1.33. The van der Waals surface area contributed by atoms with Crippen molar-refractivity contribution in [1.82, 2.24) is 10.2 Å². The van der Waals surface area contributed by atoms with E-state index in [0.29, 0.717) is 56.1 Å². The molecule has 4 amide bonds. The number of aliphatic hydroxyl groups excluding tert-OH is 2. The highest BCUT2D eigenvalue weighted by molar-refractivity contribution is 5.89. The van der Waals surface area contributed by atoms with Gasteiger partial charge in [0.1, 0.15) is 0 Å². The first kappa shape index (κ1) is 36.8. The standard InChI is InChI=1S/C35H47N5O7/c1-3-27(25-47-35(45)39-31-10-4-26(2)5-11-31)16-23-46-34(44)38-32-14-8-29(9-15-32)24-28-6-12-30(13-7-28)37-33(43)36-17-18-40(19-21-41)20-22-42/h4-15,27,41-42H,3,16-25H2,1-2H3,(H,38,44)(H,39,45)(H2,36,37,43). The van der Waals surface area contributed by atoms with E-state index in [-0.39, 0.29) is 38.4 Å². The number of aryl methyl sites for hydroxylation is 1. The molecule has 1 unspecified atom stereocenters. The molecule has 0 bridgehead atoms. The van der Waals surface area contributed by atoms with Crippen LogP contribution in [0.1, 0.15) is 36.5 Å². The van der Waals surface area contributed by atoms with Gasteiger partial charge in [-0.1, -0.05) is 48.9 Å². The normalized spacial score (nSPS) is 11.4. The molecule has 0 aliphatic heterocycles. The fourth-order valence-electron chi connectivity index (χ4n) is 4.63. The third kappa shape index (κ3) is 14.5. The lowest BCUT2D eigenvalue weighted by Crippen LogP contribution is -2.39. The Morgan fingerprint density at radius 2 is 1.23 bits per heavy atom. The number of nitrogens with zero attached hydrogens (tertiary/aromatic N) is 1. The molecule has 6 N–H and O–H groups in total. The van der Waals surface area contributed by atoms with Crippen molar-refractivity contribution in [2.75, 3.05) is 68.6 Å².